The highest BCUT2D eigenvalue weighted by Gasteiger charge is 2.22. The standard InChI is InChI=1S/C9H10BrNO2/c1-12-9-3-8-5(2-6(9)10)7(11)4-13-8/h2-3,7H,4,11H2,1H3/t7-/m1/s1. The molecule has 1 atom stereocenters. The van der Waals surface area contributed by atoms with Crippen LogP contribution in [0.3, 0.4) is 0 Å². The molecule has 0 aliphatic carbocycles. The van der Waals surface area contributed by atoms with Crippen LogP contribution in [-0.2, 0) is 0 Å². The zero-order valence-corrected chi connectivity index (χ0v) is 8.80. The maximum atomic E-state index is 5.82. The predicted molar refractivity (Wildman–Crippen MR) is 53.1 cm³/mol. The second-order valence-corrected chi connectivity index (χ2v) is 3.80. The average Bonchev–Trinajstić information content (AvgIpc) is 2.47. The maximum Gasteiger partial charge on any atom is 0.136 e. The van der Waals surface area contributed by atoms with Crippen molar-refractivity contribution >= 4 is 15.9 Å². The fourth-order valence-corrected chi connectivity index (χ4v) is 1.91. The van der Waals surface area contributed by atoms with Gasteiger partial charge in [0.25, 0.3) is 0 Å². The Hall–Kier alpha value is -0.740. The van der Waals surface area contributed by atoms with E-state index in [1.807, 2.05) is 12.1 Å². The first kappa shape index (κ1) is 8.84. The van der Waals surface area contributed by atoms with Crippen LogP contribution < -0.4 is 15.2 Å². The fraction of sp³-hybridized carbons (Fsp3) is 0.333. The summed E-state index contributed by atoms with van der Waals surface area (Å²) in [6.45, 7) is 0.551. The van der Waals surface area contributed by atoms with Crippen molar-refractivity contribution in [2.45, 2.75) is 6.04 Å². The summed E-state index contributed by atoms with van der Waals surface area (Å²) in [4.78, 5) is 0. The summed E-state index contributed by atoms with van der Waals surface area (Å²) in [5.74, 6) is 1.60. The van der Waals surface area contributed by atoms with Crippen LogP contribution in [0.15, 0.2) is 16.6 Å². The van der Waals surface area contributed by atoms with Gasteiger partial charge in [-0.2, -0.15) is 0 Å². The third-order valence-corrected chi connectivity index (χ3v) is 2.72. The highest BCUT2D eigenvalue weighted by Crippen LogP contribution is 2.38. The minimum absolute atomic E-state index is 0.0165. The van der Waals surface area contributed by atoms with Crippen molar-refractivity contribution in [3.8, 4) is 11.5 Å². The van der Waals surface area contributed by atoms with Crippen molar-refractivity contribution in [3.05, 3.63) is 22.2 Å². The first-order chi connectivity index (χ1) is 6.22. The molecule has 3 nitrogen and oxygen atoms in total. The molecule has 1 aliphatic rings. The third kappa shape index (κ3) is 1.40. The van der Waals surface area contributed by atoms with Crippen molar-refractivity contribution in [1.82, 2.24) is 0 Å². The molecule has 2 N–H and O–H groups in total. The lowest BCUT2D eigenvalue weighted by atomic mass is 10.1. The number of hydrogen-bond acceptors (Lipinski definition) is 3. The number of rotatable bonds is 1. The summed E-state index contributed by atoms with van der Waals surface area (Å²) in [6.07, 6.45) is 0. The van der Waals surface area contributed by atoms with E-state index in [0.29, 0.717) is 6.61 Å². The number of fused-ring (bicyclic) bond motifs is 1. The van der Waals surface area contributed by atoms with Gasteiger partial charge in [0.05, 0.1) is 17.6 Å². The lowest BCUT2D eigenvalue weighted by Crippen LogP contribution is -2.10. The molecule has 0 aromatic heterocycles. The Balaban J connectivity index is 2.50. The minimum Gasteiger partial charge on any atom is -0.495 e. The fourth-order valence-electron chi connectivity index (χ4n) is 1.39. The first-order valence-electron chi connectivity index (χ1n) is 3.98. The summed E-state index contributed by atoms with van der Waals surface area (Å²) in [5, 5.41) is 0. The Bertz CT molecular complexity index is 341. The minimum atomic E-state index is -0.0165. The Morgan fingerprint density at radius 1 is 1.62 bits per heavy atom. The lowest BCUT2D eigenvalue weighted by Gasteiger charge is -2.06. The van der Waals surface area contributed by atoms with Gasteiger partial charge in [0.15, 0.2) is 0 Å². The molecule has 1 aliphatic heterocycles. The molecule has 70 valence electrons. The van der Waals surface area contributed by atoms with Gasteiger partial charge in [-0.1, -0.05) is 0 Å². The third-order valence-electron chi connectivity index (χ3n) is 2.10. The van der Waals surface area contributed by atoms with Crippen LogP contribution in [0.1, 0.15) is 11.6 Å². The van der Waals surface area contributed by atoms with E-state index in [4.69, 9.17) is 15.2 Å². The van der Waals surface area contributed by atoms with E-state index in [2.05, 4.69) is 15.9 Å². The monoisotopic (exact) mass is 243 g/mol. The number of ether oxygens (including phenoxy) is 2. The Morgan fingerprint density at radius 3 is 3.08 bits per heavy atom. The second kappa shape index (κ2) is 3.20. The molecule has 0 bridgehead atoms. The van der Waals surface area contributed by atoms with E-state index >= 15 is 0 Å². The van der Waals surface area contributed by atoms with Gasteiger partial charge in [-0.05, 0) is 22.0 Å². The van der Waals surface area contributed by atoms with Gasteiger partial charge in [-0.3, -0.25) is 0 Å². The van der Waals surface area contributed by atoms with E-state index < -0.39 is 0 Å². The number of benzene rings is 1. The number of halogens is 1. The second-order valence-electron chi connectivity index (χ2n) is 2.94. The zero-order chi connectivity index (χ0) is 9.42. The van der Waals surface area contributed by atoms with Crippen molar-refractivity contribution in [3.63, 3.8) is 0 Å². The molecule has 0 saturated carbocycles. The molecule has 0 fully saturated rings. The molecule has 1 heterocycles. The van der Waals surface area contributed by atoms with E-state index in [0.717, 1.165) is 21.5 Å². The van der Waals surface area contributed by atoms with Crippen molar-refractivity contribution < 1.29 is 9.47 Å². The largest absolute Gasteiger partial charge is 0.495 e. The Labute approximate surface area is 85.0 Å². The van der Waals surface area contributed by atoms with Gasteiger partial charge < -0.3 is 15.2 Å². The van der Waals surface area contributed by atoms with Gasteiger partial charge in [-0.25, -0.2) is 0 Å². The summed E-state index contributed by atoms with van der Waals surface area (Å²) in [6, 6.07) is 3.79. The molecule has 1 aromatic rings. The van der Waals surface area contributed by atoms with Gasteiger partial charge in [0, 0.05) is 11.6 Å². The van der Waals surface area contributed by atoms with E-state index in [9.17, 15) is 0 Å². The van der Waals surface area contributed by atoms with Crippen LogP contribution in [0.4, 0.5) is 0 Å². The number of hydrogen-bond donors (Lipinski definition) is 1. The van der Waals surface area contributed by atoms with Gasteiger partial charge in [0.2, 0.25) is 0 Å². The van der Waals surface area contributed by atoms with E-state index in [1.165, 1.54) is 0 Å². The molecular weight excluding hydrogens is 234 g/mol. The topological polar surface area (TPSA) is 44.5 Å². The SMILES string of the molecule is COc1cc2c(cc1Br)[C@H](N)CO2. The molecular formula is C9H10BrNO2. The molecule has 0 spiro atoms. The number of methoxy groups -OCH3 is 1. The maximum absolute atomic E-state index is 5.82. The Morgan fingerprint density at radius 2 is 2.38 bits per heavy atom. The van der Waals surface area contributed by atoms with Crippen LogP contribution >= 0.6 is 15.9 Å². The summed E-state index contributed by atoms with van der Waals surface area (Å²) in [7, 11) is 1.63. The normalized spacial score (nSPS) is 19.5. The quantitative estimate of drug-likeness (QED) is 0.819. The zero-order valence-electron chi connectivity index (χ0n) is 7.21. The van der Waals surface area contributed by atoms with E-state index in [-0.39, 0.29) is 6.04 Å². The molecule has 1 aromatic carbocycles. The first-order valence-corrected chi connectivity index (χ1v) is 4.77. The highest BCUT2D eigenvalue weighted by atomic mass is 79.9. The molecule has 2 rings (SSSR count). The molecule has 4 heteroatoms. The van der Waals surface area contributed by atoms with Crippen LogP contribution in [-0.4, -0.2) is 13.7 Å². The van der Waals surface area contributed by atoms with E-state index in [1.54, 1.807) is 7.11 Å². The van der Waals surface area contributed by atoms with Crippen molar-refractivity contribution in [2.24, 2.45) is 5.73 Å². The molecule has 13 heavy (non-hydrogen) atoms. The molecule has 0 saturated heterocycles. The predicted octanol–water partition coefficient (Wildman–Crippen LogP) is 1.85. The summed E-state index contributed by atoms with van der Waals surface area (Å²) in [5.41, 5.74) is 6.85. The van der Waals surface area contributed by atoms with Crippen molar-refractivity contribution in [1.29, 1.82) is 0 Å². The summed E-state index contributed by atoms with van der Waals surface area (Å²) < 4.78 is 11.4. The van der Waals surface area contributed by atoms with Gasteiger partial charge in [-0.15, -0.1) is 0 Å². The van der Waals surface area contributed by atoms with Gasteiger partial charge >= 0.3 is 0 Å². The van der Waals surface area contributed by atoms with Gasteiger partial charge in [0.1, 0.15) is 18.1 Å². The average molecular weight is 244 g/mol. The van der Waals surface area contributed by atoms with Crippen molar-refractivity contribution in [2.75, 3.05) is 13.7 Å². The van der Waals surface area contributed by atoms with Crippen LogP contribution in [0.25, 0.3) is 0 Å². The van der Waals surface area contributed by atoms with Crippen LogP contribution in [0, 0.1) is 0 Å². The molecule has 0 amide bonds. The van der Waals surface area contributed by atoms with Crippen LogP contribution in [0.2, 0.25) is 0 Å². The lowest BCUT2D eigenvalue weighted by molar-refractivity contribution is 0.331. The summed E-state index contributed by atoms with van der Waals surface area (Å²) >= 11 is 3.40. The number of nitrogens with two attached hydrogens (primary N) is 1. The van der Waals surface area contributed by atoms with Crippen LogP contribution in [0.5, 0.6) is 11.5 Å². The molecule has 0 radical (unpaired) electrons. The Kier molecular flexibility index (Phi) is 2.17. The highest BCUT2D eigenvalue weighted by molar-refractivity contribution is 9.10. The smallest absolute Gasteiger partial charge is 0.136 e. The molecule has 0 unspecified atom stereocenters.